The molecule has 0 aliphatic heterocycles. The number of hydrogen-bond acceptors (Lipinski definition) is 4. The molecule has 0 aromatic carbocycles. The summed E-state index contributed by atoms with van der Waals surface area (Å²) in [4.78, 5) is 13.7. The Morgan fingerprint density at radius 3 is 2.67 bits per heavy atom. The number of hydrogen-bond donors (Lipinski definition) is 2. The number of halogens is 1. The quantitative estimate of drug-likeness (QED) is 0.890. The SMILES string of the molecule is Cc1sc(C(N)CNC(=O)OC(C)(C)C)cc1Br. The Morgan fingerprint density at radius 2 is 2.22 bits per heavy atom. The first-order valence-corrected chi connectivity index (χ1v) is 7.28. The smallest absolute Gasteiger partial charge is 0.407 e. The summed E-state index contributed by atoms with van der Waals surface area (Å²) in [5, 5.41) is 2.67. The molecular formula is C12H19BrN2O2S. The van der Waals surface area contributed by atoms with Gasteiger partial charge in [-0.05, 0) is 49.7 Å². The minimum atomic E-state index is -0.489. The summed E-state index contributed by atoms with van der Waals surface area (Å²) in [5.41, 5.74) is 5.52. The topological polar surface area (TPSA) is 64.3 Å². The summed E-state index contributed by atoms with van der Waals surface area (Å²) in [7, 11) is 0. The first-order valence-electron chi connectivity index (χ1n) is 5.67. The van der Waals surface area contributed by atoms with Crippen LogP contribution in [0, 0.1) is 6.92 Å². The van der Waals surface area contributed by atoms with Crippen molar-refractivity contribution in [3.63, 3.8) is 0 Å². The highest BCUT2D eigenvalue weighted by atomic mass is 79.9. The molecule has 18 heavy (non-hydrogen) atoms. The summed E-state index contributed by atoms with van der Waals surface area (Å²) in [6.45, 7) is 7.86. The van der Waals surface area contributed by atoms with E-state index in [4.69, 9.17) is 10.5 Å². The van der Waals surface area contributed by atoms with Gasteiger partial charge in [-0.2, -0.15) is 0 Å². The van der Waals surface area contributed by atoms with Crippen LogP contribution in [0.25, 0.3) is 0 Å². The monoisotopic (exact) mass is 334 g/mol. The molecule has 6 heteroatoms. The number of rotatable bonds is 3. The lowest BCUT2D eigenvalue weighted by molar-refractivity contribution is 0.0524. The van der Waals surface area contributed by atoms with E-state index in [-0.39, 0.29) is 6.04 Å². The van der Waals surface area contributed by atoms with Crippen LogP contribution < -0.4 is 11.1 Å². The zero-order valence-corrected chi connectivity index (χ0v) is 13.4. The van der Waals surface area contributed by atoms with Gasteiger partial charge in [0.05, 0.1) is 6.04 Å². The molecule has 0 spiro atoms. The summed E-state index contributed by atoms with van der Waals surface area (Å²) >= 11 is 5.07. The second kappa shape index (κ2) is 6.04. The summed E-state index contributed by atoms with van der Waals surface area (Å²) in [6.07, 6.45) is -0.440. The number of thiophene rings is 1. The van der Waals surface area contributed by atoms with Gasteiger partial charge in [0.15, 0.2) is 0 Å². The zero-order chi connectivity index (χ0) is 13.9. The van der Waals surface area contributed by atoms with Crippen LogP contribution in [0.2, 0.25) is 0 Å². The normalized spacial score (nSPS) is 13.2. The molecule has 0 fully saturated rings. The molecule has 1 heterocycles. The van der Waals surface area contributed by atoms with Gasteiger partial charge in [0.1, 0.15) is 5.60 Å². The van der Waals surface area contributed by atoms with Crippen molar-refractivity contribution in [3.05, 3.63) is 20.3 Å². The van der Waals surface area contributed by atoms with Gasteiger partial charge in [0.25, 0.3) is 0 Å². The van der Waals surface area contributed by atoms with Crippen LogP contribution in [0.1, 0.15) is 36.6 Å². The van der Waals surface area contributed by atoms with Crippen molar-refractivity contribution in [2.45, 2.75) is 39.3 Å². The van der Waals surface area contributed by atoms with Crippen molar-refractivity contribution >= 4 is 33.4 Å². The molecule has 0 saturated heterocycles. The fourth-order valence-electron chi connectivity index (χ4n) is 1.27. The van der Waals surface area contributed by atoms with Crippen LogP contribution in [-0.4, -0.2) is 18.2 Å². The van der Waals surface area contributed by atoms with E-state index >= 15 is 0 Å². The Morgan fingerprint density at radius 1 is 1.61 bits per heavy atom. The van der Waals surface area contributed by atoms with Gasteiger partial charge < -0.3 is 15.8 Å². The molecule has 1 atom stereocenters. The van der Waals surface area contributed by atoms with Gasteiger partial charge in [0, 0.05) is 20.8 Å². The fraction of sp³-hybridized carbons (Fsp3) is 0.583. The molecule has 1 rings (SSSR count). The number of nitrogens with two attached hydrogens (primary N) is 1. The highest BCUT2D eigenvalue weighted by Gasteiger charge is 2.17. The number of amides is 1. The third-order valence-corrected chi connectivity index (χ3v) is 4.38. The van der Waals surface area contributed by atoms with Gasteiger partial charge in [-0.3, -0.25) is 0 Å². The molecular weight excluding hydrogens is 316 g/mol. The summed E-state index contributed by atoms with van der Waals surface area (Å²) in [6, 6.07) is 1.77. The van der Waals surface area contributed by atoms with Gasteiger partial charge >= 0.3 is 6.09 Å². The van der Waals surface area contributed by atoms with E-state index < -0.39 is 11.7 Å². The fourth-order valence-corrected chi connectivity index (χ4v) is 2.83. The molecule has 1 unspecified atom stereocenters. The molecule has 1 aromatic rings. The van der Waals surface area contributed by atoms with E-state index in [0.717, 1.165) is 9.35 Å². The van der Waals surface area contributed by atoms with Crippen molar-refractivity contribution in [2.75, 3.05) is 6.54 Å². The molecule has 1 aromatic heterocycles. The molecule has 4 nitrogen and oxygen atoms in total. The Labute approximate surface area is 120 Å². The largest absolute Gasteiger partial charge is 0.444 e. The Hall–Kier alpha value is -0.590. The van der Waals surface area contributed by atoms with E-state index in [1.807, 2.05) is 33.8 Å². The summed E-state index contributed by atoms with van der Waals surface area (Å²) < 4.78 is 6.19. The molecule has 0 aliphatic carbocycles. The molecule has 0 saturated carbocycles. The van der Waals surface area contributed by atoms with Gasteiger partial charge in [0.2, 0.25) is 0 Å². The van der Waals surface area contributed by atoms with Crippen LogP contribution in [0.15, 0.2) is 10.5 Å². The maximum atomic E-state index is 11.5. The van der Waals surface area contributed by atoms with Crippen LogP contribution in [-0.2, 0) is 4.74 Å². The van der Waals surface area contributed by atoms with E-state index in [1.165, 1.54) is 4.88 Å². The molecule has 0 aliphatic rings. The zero-order valence-electron chi connectivity index (χ0n) is 11.0. The second-order valence-corrected chi connectivity index (χ2v) is 7.18. The predicted octanol–water partition coefficient (Wildman–Crippen LogP) is 3.34. The van der Waals surface area contributed by atoms with Crippen molar-refractivity contribution in [2.24, 2.45) is 5.73 Å². The van der Waals surface area contributed by atoms with Crippen molar-refractivity contribution in [1.29, 1.82) is 0 Å². The third-order valence-electron chi connectivity index (χ3n) is 2.11. The molecule has 102 valence electrons. The lowest BCUT2D eigenvalue weighted by atomic mass is 10.2. The molecule has 0 bridgehead atoms. The van der Waals surface area contributed by atoms with Gasteiger partial charge in [-0.1, -0.05) is 0 Å². The second-order valence-electron chi connectivity index (χ2n) is 5.04. The number of nitrogens with one attached hydrogen (secondary N) is 1. The third kappa shape index (κ3) is 4.96. The maximum absolute atomic E-state index is 11.5. The van der Waals surface area contributed by atoms with E-state index in [9.17, 15) is 4.79 Å². The highest BCUT2D eigenvalue weighted by molar-refractivity contribution is 9.10. The average Bonchev–Trinajstić information content (AvgIpc) is 2.53. The lowest BCUT2D eigenvalue weighted by Gasteiger charge is -2.20. The predicted molar refractivity (Wildman–Crippen MR) is 77.9 cm³/mol. The number of ether oxygens (including phenoxy) is 1. The van der Waals surface area contributed by atoms with Crippen LogP contribution in [0.5, 0.6) is 0 Å². The number of alkyl carbamates (subject to hydrolysis) is 1. The number of carbonyl (C=O) groups excluding carboxylic acids is 1. The molecule has 3 N–H and O–H groups in total. The first-order chi connectivity index (χ1) is 8.19. The average molecular weight is 335 g/mol. The number of aryl methyl sites for hydroxylation is 1. The van der Waals surface area contributed by atoms with Gasteiger partial charge in [-0.15, -0.1) is 11.3 Å². The first kappa shape index (κ1) is 15.5. The van der Waals surface area contributed by atoms with Crippen LogP contribution in [0.4, 0.5) is 4.79 Å². The molecule has 0 radical (unpaired) electrons. The van der Waals surface area contributed by atoms with Crippen molar-refractivity contribution < 1.29 is 9.53 Å². The Balaban J connectivity index is 2.46. The highest BCUT2D eigenvalue weighted by Crippen LogP contribution is 2.29. The Kier molecular flexibility index (Phi) is 5.19. The molecule has 1 amide bonds. The summed E-state index contributed by atoms with van der Waals surface area (Å²) in [5.74, 6) is 0. The Bertz CT molecular complexity index is 407. The minimum Gasteiger partial charge on any atom is -0.444 e. The van der Waals surface area contributed by atoms with E-state index in [1.54, 1.807) is 11.3 Å². The standard InChI is InChI=1S/C12H19BrN2O2S/c1-7-8(13)5-10(18-7)9(14)6-15-11(16)17-12(2,3)4/h5,9H,6,14H2,1-4H3,(H,15,16). The van der Waals surface area contributed by atoms with Crippen molar-refractivity contribution in [1.82, 2.24) is 5.32 Å². The number of carbonyl (C=O) groups is 1. The van der Waals surface area contributed by atoms with Gasteiger partial charge in [-0.25, -0.2) is 4.79 Å². The van der Waals surface area contributed by atoms with Crippen LogP contribution >= 0.6 is 27.3 Å². The minimum absolute atomic E-state index is 0.215. The maximum Gasteiger partial charge on any atom is 0.407 e. The van der Waals surface area contributed by atoms with Crippen molar-refractivity contribution in [3.8, 4) is 0 Å². The van der Waals surface area contributed by atoms with E-state index in [2.05, 4.69) is 21.2 Å². The lowest BCUT2D eigenvalue weighted by Crippen LogP contribution is -2.36. The van der Waals surface area contributed by atoms with Crippen LogP contribution in [0.3, 0.4) is 0 Å². The van der Waals surface area contributed by atoms with E-state index in [0.29, 0.717) is 6.54 Å².